The molecule has 23 heavy (non-hydrogen) atoms. The zero-order chi connectivity index (χ0) is 17.1. The van der Waals surface area contributed by atoms with E-state index in [2.05, 4.69) is 39.0 Å². The van der Waals surface area contributed by atoms with Gasteiger partial charge in [-0.2, -0.15) is 4.31 Å². The fourth-order valence-corrected chi connectivity index (χ4v) is 5.03. The molecule has 1 aromatic carbocycles. The van der Waals surface area contributed by atoms with Gasteiger partial charge in [0.15, 0.2) is 0 Å². The Labute approximate surface area is 142 Å². The van der Waals surface area contributed by atoms with E-state index in [4.69, 9.17) is 0 Å². The van der Waals surface area contributed by atoms with Gasteiger partial charge in [0.05, 0.1) is 11.8 Å². The van der Waals surface area contributed by atoms with Crippen molar-refractivity contribution in [3.63, 3.8) is 0 Å². The molecule has 0 saturated carbocycles. The van der Waals surface area contributed by atoms with Crippen molar-refractivity contribution in [3.8, 4) is 0 Å². The molecule has 0 bridgehead atoms. The molecule has 0 aliphatic heterocycles. The van der Waals surface area contributed by atoms with Crippen LogP contribution in [0.5, 0.6) is 0 Å². The highest BCUT2D eigenvalue weighted by Crippen LogP contribution is 2.47. The van der Waals surface area contributed by atoms with E-state index in [0.717, 1.165) is 19.3 Å². The maximum atomic E-state index is 12.7. The maximum Gasteiger partial charge on any atom is 0.214 e. The van der Waals surface area contributed by atoms with Crippen LogP contribution < -0.4 is 0 Å². The minimum absolute atomic E-state index is 0.00669. The Morgan fingerprint density at radius 1 is 1.13 bits per heavy atom. The monoisotopic (exact) mass is 337 g/mol. The molecule has 0 heterocycles. The number of sulfonamides is 1. The molecule has 0 N–H and O–H groups in total. The van der Waals surface area contributed by atoms with Gasteiger partial charge >= 0.3 is 0 Å². The summed E-state index contributed by atoms with van der Waals surface area (Å²) in [5.74, 6) is 0.180. The molecule has 0 fully saturated rings. The zero-order valence-corrected chi connectivity index (χ0v) is 15.8. The molecule has 0 radical (unpaired) electrons. The summed E-state index contributed by atoms with van der Waals surface area (Å²) in [5, 5.41) is 0. The number of nitrogens with zero attached hydrogens (tertiary/aromatic N) is 1. The first-order valence-electron chi connectivity index (χ1n) is 8.92. The summed E-state index contributed by atoms with van der Waals surface area (Å²) in [6.07, 6.45) is 5.27. The largest absolute Gasteiger partial charge is 0.214 e. The maximum absolute atomic E-state index is 12.7. The Morgan fingerprint density at radius 2 is 1.83 bits per heavy atom. The van der Waals surface area contributed by atoms with Gasteiger partial charge in [0.2, 0.25) is 10.0 Å². The molecule has 1 aliphatic carbocycles. The second-order valence-corrected chi connectivity index (χ2v) is 9.47. The van der Waals surface area contributed by atoms with E-state index in [9.17, 15) is 8.42 Å². The third-order valence-corrected chi connectivity index (χ3v) is 6.94. The number of hydrogen-bond donors (Lipinski definition) is 0. The van der Waals surface area contributed by atoms with Crippen molar-refractivity contribution in [1.29, 1.82) is 0 Å². The third-order valence-electron chi connectivity index (χ3n) is 5.05. The molecule has 1 aliphatic rings. The van der Waals surface area contributed by atoms with Gasteiger partial charge in [-0.05, 0) is 36.3 Å². The van der Waals surface area contributed by atoms with Gasteiger partial charge in [0, 0.05) is 6.54 Å². The average molecular weight is 338 g/mol. The topological polar surface area (TPSA) is 37.4 Å². The number of hydrogen-bond acceptors (Lipinski definition) is 2. The molecule has 1 aromatic rings. The number of rotatable bonds is 8. The standard InChI is InChI=1S/C19H31NO2S/c1-5-7-8-11-14-20(23(21,22)6-2)18-15-19(3,4)17-13-10-9-12-16(17)18/h9-10,12-13,18H,5-8,11,14-15H2,1-4H3. The highest BCUT2D eigenvalue weighted by Gasteiger charge is 2.42. The fraction of sp³-hybridized carbons (Fsp3) is 0.684. The molecular weight excluding hydrogens is 306 g/mol. The quantitative estimate of drug-likeness (QED) is 0.648. The van der Waals surface area contributed by atoms with Crippen LogP contribution in [0.4, 0.5) is 0 Å². The lowest BCUT2D eigenvalue weighted by Gasteiger charge is -2.29. The summed E-state index contributed by atoms with van der Waals surface area (Å²) in [6.45, 7) is 9.02. The van der Waals surface area contributed by atoms with E-state index in [1.54, 1.807) is 11.2 Å². The first kappa shape index (κ1) is 18.5. The van der Waals surface area contributed by atoms with Crippen molar-refractivity contribution in [2.24, 2.45) is 0 Å². The van der Waals surface area contributed by atoms with Gasteiger partial charge in [0.1, 0.15) is 0 Å². The van der Waals surface area contributed by atoms with Gasteiger partial charge in [-0.15, -0.1) is 0 Å². The van der Waals surface area contributed by atoms with E-state index in [-0.39, 0.29) is 17.2 Å². The molecule has 0 saturated heterocycles. The Morgan fingerprint density at radius 3 is 2.48 bits per heavy atom. The van der Waals surface area contributed by atoms with Gasteiger partial charge < -0.3 is 0 Å². The molecule has 0 amide bonds. The SMILES string of the molecule is CCCCCCN(C1CC(C)(C)c2ccccc21)S(=O)(=O)CC. The van der Waals surface area contributed by atoms with Crippen molar-refractivity contribution in [2.75, 3.05) is 12.3 Å². The summed E-state index contributed by atoms with van der Waals surface area (Å²) in [5.41, 5.74) is 2.53. The molecule has 3 nitrogen and oxygen atoms in total. The fourth-order valence-electron chi connectivity index (χ4n) is 3.71. The highest BCUT2D eigenvalue weighted by atomic mass is 32.2. The van der Waals surface area contributed by atoms with Crippen LogP contribution in [-0.4, -0.2) is 25.0 Å². The second-order valence-electron chi connectivity index (χ2n) is 7.26. The first-order valence-corrected chi connectivity index (χ1v) is 10.5. The molecule has 1 atom stereocenters. The van der Waals surface area contributed by atoms with Crippen LogP contribution in [0.25, 0.3) is 0 Å². The van der Waals surface area contributed by atoms with Crippen LogP contribution >= 0.6 is 0 Å². The predicted octanol–water partition coefficient (Wildman–Crippen LogP) is 4.64. The lowest BCUT2D eigenvalue weighted by atomic mass is 9.86. The molecule has 2 rings (SSSR count). The minimum Gasteiger partial charge on any atom is -0.212 e. The number of unbranched alkanes of at least 4 members (excludes halogenated alkanes) is 3. The lowest BCUT2D eigenvalue weighted by molar-refractivity contribution is 0.288. The Balaban J connectivity index is 2.30. The van der Waals surface area contributed by atoms with E-state index in [1.807, 2.05) is 6.07 Å². The van der Waals surface area contributed by atoms with Crippen LogP contribution in [0.15, 0.2) is 24.3 Å². The smallest absolute Gasteiger partial charge is 0.212 e. The average Bonchev–Trinajstić information content (AvgIpc) is 2.79. The van der Waals surface area contributed by atoms with Gasteiger partial charge in [0.25, 0.3) is 0 Å². The van der Waals surface area contributed by atoms with Crippen LogP contribution in [0.1, 0.15) is 77.0 Å². The zero-order valence-electron chi connectivity index (χ0n) is 15.0. The van der Waals surface area contributed by atoms with Crippen molar-refractivity contribution in [3.05, 3.63) is 35.4 Å². The molecule has 0 spiro atoms. The van der Waals surface area contributed by atoms with Crippen molar-refractivity contribution >= 4 is 10.0 Å². The Kier molecular flexibility index (Phi) is 5.90. The molecule has 1 unspecified atom stereocenters. The van der Waals surface area contributed by atoms with Crippen LogP contribution in [0.3, 0.4) is 0 Å². The minimum atomic E-state index is -3.19. The number of benzene rings is 1. The molecule has 130 valence electrons. The molecule has 4 heteroatoms. The van der Waals surface area contributed by atoms with E-state index < -0.39 is 10.0 Å². The summed E-state index contributed by atoms with van der Waals surface area (Å²) in [4.78, 5) is 0. The van der Waals surface area contributed by atoms with E-state index >= 15 is 0 Å². The lowest BCUT2D eigenvalue weighted by Crippen LogP contribution is -2.36. The first-order chi connectivity index (χ1) is 10.8. The van der Waals surface area contributed by atoms with E-state index in [1.165, 1.54) is 24.0 Å². The summed E-state index contributed by atoms with van der Waals surface area (Å²) in [6, 6.07) is 8.35. The highest BCUT2D eigenvalue weighted by molar-refractivity contribution is 7.89. The summed E-state index contributed by atoms with van der Waals surface area (Å²) >= 11 is 0. The van der Waals surface area contributed by atoms with Crippen molar-refractivity contribution in [2.45, 2.75) is 71.3 Å². The Bertz CT molecular complexity index is 622. The van der Waals surface area contributed by atoms with Crippen LogP contribution in [0.2, 0.25) is 0 Å². The predicted molar refractivity (Wildman–Crippen MR) is 97.1 cm³/mol. The molecular formula is C19H31NO2S. The summed E-state index contributed by atoms with van der Waals surface area (Å²) < 4.78 is 27.2. The third kappa shape index (κ3) is 3.97. The second kappa shape index (κ2) is 7.35. The van der Waals surface area contributed by atoms with Gasteiger partial charge in [-0.25, -0.2) is 8.42 Å². The van der Waals surface area contributed by atoms with Gasteiger partial charge in [-0.3, -0.25) is 0 Å². The van der Waals surface area contributed by atoms with Crippen LogP contribution in [0, 0.1) is 0 Å². The van der Waals surface area contributed by atoms with Crippen molar-refractivity contribution in [1.82, 2.24) is 4.31 Å². The van der Waals surface area contributed by atoms with Crippen LogP contribution in [-0.2, 0) is 15.4 Å². The summed E-state index contributed by atoms with van der Waals surface area (Å²) in [7, 11) is -3.19. The molecule has 0 aromatic heterocycles. The van der Waals surface area contributed by atoms with E-state index in [0.29, 0.717) is 6.54 Å². The number of fused-ring (bicyclic) bond motifs is 1. The van der Waals surface area contributed by atoms with Crippen molar-refractivity contribution < 1.29 is 8.42 Å². The normalized spacial score (nSPS) is 20.0. The Hall–Kier alpha value is -0.870. The van der Waals surface area contributed by atoms with Gasteiger partial charge in [-0.1, -0.05) is 64.3 Å².